The molecule has 0 aliphatic heterocycles. The molecule has 0 bridgehead atoms. The van der Waals surface area contributed by atoms with Gasteiger partial charge in [0.05, 0.1) is 16.6 Å². The molecule has 0 saturated heterocycles. The molecule has 1 heterocycles. The van der Waals surface area contributed by atoms with Crippen molar-refractivity contribution in [3.63, 3.8) is 0 Å². The summed E-state index contributed by atoms with van der Waals surface area (Å²) in [5.74, 6) is 0.647. The molecule has 1 aromatic heterocycles. The second-order valence-corrected chi connectivity index (χ2v) is 5.81. The van der Waals surface area contributed by atoms with Crippen LogP contribution in [0, 0.1) is 20.8 Å². The van der Waals surface area contributed by atoms with E-state index in [0.29, 0.717) is 12.2 Å². The van der Waals surface area contributed by atoms with Gasteiger partial charge in [-0.1, -0.05) is 18.2 Å². The van der Waals surface area contributed by atoms with Gasteiger partial charge in [0.25, 0.3) is 0 Å². The summed E-state index contributed by atoms with van der Waals surface area (Å²) in [6.07, 6.45) is 0.359. The third kappa shape index (κ3) is 3.10. The summed E-state index contributed by atoms with van der Waals surface area (Å²) >= 11 is 3.44. The summed E-state index contributed by atoms with van der Waals surface area (Å²) in [7, 11) is 1.81. The normalized spacial score (nSPS) is 10.7. The van der Waals surface area contributed by atoms with Crippen molar-refractivity contribution in [1.82, 2.24) is 9.78 Å². The summed E-state index contributed by atoms with van der Waals surface area (Å²) < 4.78 is 2.49. The number of anilines is 1. The number of rotatable bonds is 3. The minimum atomic E-state index is -0.0445. The highest BCUT2D eigenvalue weighted by Crippen LogP contribution is 2.25. The maximum Gasteiger partial charge on any atom is 0.229 e. The molecule has 4 nitrogen and oxygen atoms in total. The van der Waals surface area contributed by atoms with Crippen molar-refractivity contribution in [1.29, 1.82) is 0 Å². The Morgan fingerprint density at radius 1 is 1.30 bits per heavy atom. The minimum Gasteiger partial charge on any atom is -0.310 e. The molecule has 0 spiro atoms. The molecular formula is C15H18BrN3O. The monoisotopic (exact) mass is 335 g/mol. The van der Waals surface area contributed by atoms with Crippen molar-refractivity contribution >= 4 is 27.7 Å². The fourth-order valence-corrected chi connectivity index (χ4v) is 2.48. The Morgan fingerprint density at radius 2 is 2.00 bits per heavy atom. The van der Waals surface area contributed by atoms with Crippen LogP contribution in [0.15, 0.2) is 22.7 Å². The number of amides is 1. The van der Waals surface area contributed by atoms with Crippen LogP contribution in [0.2, 0.25) is 0 Å². The van der Waals surface area contributed by atoms with E-state index in [2.05, 4.69) is 46.3 Å². The number of carbonyl (C=O) groups is 1. The van der Waals surface area contributed by atoms with Crippen molar-refractivity contribution in [2.75, 3.05) is 5.32 Å². The van der Waals surface area contributed by atoms with Gasteiger partial charge in [0.15, 0.2) is 0 Å². The Hall–Kier alpha value is -1.62. The first-order valence-electron chi connectivity index (χ1n) is 6.43. The van der Waals surface area contributed by atoms with Gasteiger partial charge in [0.1, 0.15) is 5.82 Å². The fraction of sp³-hybridized carbons (Fsp3) is 0.333. The Morgan fingerprint density at radius 3 is 2.55 bits per heavy atom. The highest BCUT2D eigenvalue weighted by atomic mass is 79.9. The minimum absolute atomic E-state index is 0.0445. The lowest BCUT2D eigenvalue weighted by atomic mass is 10.0. The summed E-state index contributed by atoms with van der Waals surface area (Å²) in [5.41, 5.74) is 4.31. The lowest BCUT2D eigenvalue weighted by Crippen LogP contribution is -2.17. The number of nitrogens with one attached hydrogen (secondary N) is 1. The van der Waals surface area contributed by atoms with Gasteiger partial charge in [0.2, 0.25) is 5.91 Å². The number of nitrogens with zero attached hydrogens (tertiary/aromatic N) is 2. The molecule has 1 aromatic carbocycles. The molecule has 1 amide bonds. The molecule has 0 aliphatic carbocycles. The second kappa shape index (κ2) is 5.79. The predicted molar refractivity (Wildman–Crippen MR) is 83.9 cm³/mol. The quantitative estimate of drug-likeness (QED) is 0.935. The Bertz CT molecular complexity index is 661. The average molecular weight is 336 g/mol. The molecule has 0 radical (unpaired) electrons. The van der Waals surface area contributed by atoms with E-state index in [9.17, 15) is 4.79 Å². The Kier molecular flexibility index (Phi) is 4.28. The van der Waals surface area contributed by atoms with Crippen LogP contribution in [0.4, 0.5) is 5.82 Å². The van der Waals surface area contributed by atoms with Crippen LogP contribution in [0.5, 0.6) is 0 Å². The van der Waals surface area contributed by atoms with Gasteiger partial charge in [-0.25, -0.2) is 0 Å². The van der Waals surface area contributed by atoms with Crippen molar-refractivity contribution in [2.45, 2.75) is 27.2 Å². The average Bonchev–Trinajstić information content (AvgIpc) is 2.61. The van der Waals surface area contributed by atoms with E-state index < -0.39 is 0 Å². The lowest BCUT2D eigenvalue weighted by molar-refractivity contribution is -0.115. The van der Waals surface area contributed by atoms with E-state index in [4.69, 9.17) is 0 Å². The Balaban J connectivity index is 2.11. The molecule has 2 rings (SSSR count). The highest BCUT2D eigenvalue weighted by Gasteiger charge is 2.13. The zero-order valence-electron chi connectivity index (χ0n) is 12.1. The number of aromatic nitrogens is 2. The first kappa shape index (κ1) is 14.8. The molecule has 20 heavy (non-hydrogen) atoms. The number of aryl methyl sites for hydroxylation is 4. The SMILES string of the molecule is Cc1ccc(CC(=O)Nc2c(Br)c(C)nn2C)cc1C. The van der Waals surface area contributed by atoms with Crippen molar-refractivity contribution < 1.29 is 4.79 Å². The fourth-order valence-electron chi connectivity index (χ4n) is 2.04. The van der Waals surface area contributed by atoms with E-state index in [-0.39, 0.29) is 5.91 Å². The first-order chi connectivity index (χ1) is 9.38. The molecule has 0 aliphatic rings. The van der Waals surface area contributed by atoms with Gasteiger partial charge >= 0.3 is 0 Å². The van der Waals surface area contributed by atoms with E-state index >= 15 is 0 Å². The smallest absolute Gasteiger partial charge is 0.229 e. The van der Waals surface area contributed by atoms with Crippen LogP contribution in [0.1, 0.15) is 22.4 Å². The van der Waals surface area contributed by atoms with Crippen LogP contribution >= 0.6 is 15.9 Å². The zero-order valence-corrected chi connectivity index (χ0v) is 13.7. The number of hydrogen-bond donors (Lipinski definition) is 1. The van der Waals surface area contributed by atoms with E-state index in [0.717, 1.165) is 15.7 Å². The standard InChI is InChI=1S/C15H18BrN3O/c1-9-5-6-12(7-10(9)2)8-13(20)17-15-14(16)11(3)18-19(15)4/h5-7H,8H2,1-4H3,(H,17,20). The van der Waals surface area contributed by atoms with Gasteiger partial charge in [-0.15, -0.1) is 0 Å². The molecule has 2 aromatic rings. The summed E-state index contributed by atoms with van der Waals surface area (Å²) in [4.78, 5) is 12.1. The zero-order chi connectivity index (χ0) is 14.9. The van der Waals surface area contributed by atoms with Crippen LogP contribution in [-0.2, 0) is 18.3 Å². The number of halogens is 1. The number of benzene rings is 1. The summed E-state index contributed by atoms with van der Waals surface area (Å²) in [6.45, 7) is 6.01. The van der Waals surface area contributed by atoms with Crippen LogP contribution in [-0.4, -0.2) is 15.7 Å². The van der Waals surface area contributed by atoms with Crippen LogP contribution < -0.4 is 5.32 Å². The topological polar surface area (TPSA) is 46.9 Å². The molecule has 1 N–H and O–H groups in total. The Labute approximate surface area is 127 Å². The third-order valence-corrected chi connectivity index (χ3v) is 4.29. The maximum absolute atomic E-state index is 12.1. The molecule has 0 atom stereocenters. The lowest BCUT2D eigenvalue weighted by Gasteiger charge is -2.08. The van der Waals surface area contributed by atoms with E-state index in [1.165, 1.54) is 11.1 Å². The third-order valence-electron chi connectivity index (χ3n) is 3.34. The van der Waals surface area contributed by atoms with E-state index in [1.54, 1.807) is 4.68 Å². The molecule has 106 valence electrons. The molecular weight excluding hydrogens is 318 g/mol. The molecule has 0 fully saturated rings. The predicted octanol–water partition coefficient (Wildman–Crippen LogP) is 3.29. The van der Waals surface area contributed by atoms with Crippen LogP contribution in [0.25, 0.3) is 0 Å². The summed E-state index contributed by atoms with van der Waals surface area (Å²) in [6, 6.07) is 6.09. The van der Waals surface area contributed by atoms with Gasteiger partial charge in [-0.3, -0.25) is 9.48 Å². The molecule has 0 saturated carbocycles. The molecule has 5 heteroatoms. The summed E-state index contributed by atoms with van der Waals surface area (Å²) in [5, 5.41) is 7.15. The molecule has 0 unspecified atom stereocenters. The largest absolute Gasteiger partial charge is 0.310 e. The highest BCUT2D eigenvalue weighted by molar-refractivity contribution is 9.10. The van der Waals surface area contributed by atoms with Crippen molar-refractivity contribution in [2.24, 2.45) is 7.05 Å². The van der Waals surface area contributed by atoms with Crippen LogP contribution in [0.3, 0.4) is 0 Å². The van der Waals surface area contributed by atoms with Gasteiger partial charge in [0, 0.05) is 7.05 Å². The maximum atomic E-state index is 12.1. The van der Waals surface area contributed by atoms with Gasteiger partial charge < -0.3 is 5.32 Å². The van der Waals surface area contributed by atoms with Gasteiger partial charge in [-0.2, -0.15) is 5.10 Å². The second-order valence-electron chi connectivity index (χ2n) is 5.02. The van der Waals surface area contributed by atoms with Gasteiger partial charge in [-0.05, 0) is 53.4 Å². The van der Waals surface area contributed by atoms with E-state index in [1.807, 2.05) is 26.1 Å². The number of carbonyl (C=O) groups excluding carboxylic acids is 1. The van der Waals surface area contributed by atoms with Crippen molar-refractivity contribution in [3.05, 3.63) is 45.1 Å². The number of hydrogen-bond acceptors (Lipinski definition) is 2. The first-order valence-corrected chi connectivity index (χ1v) is 7.23. The van der Waals surface area contributed by atoms with Crippen molar-refractivity contribution in [3.8, 4) is 0 Å².